The molecular formula is C22H19Cl2N3O3. The molecule has 1 amide bonds. The monoisotopic (exact) mass is 443 g/mol. The van der Waals surface area contributed by atoms with Crippen molar-refractivity contribution in [2.24, 2.45) is 5.92 Å². The van der Waals surface area contributed by atoms with Crippen LogP contribution in [0, 0.1) is 5.92 Å². The number of hydrogen-bond donors (Lipinski definition) is 0. The van der Waals surface area contributed by atoms with E-state index in [1.165, 1.54) is 0 Å². The Morgan fingerprint density at radius 1 is 1.07 bits per heavy atom. The SMILES string of the molecule is O=C(C1COc2ccc(Cl)cc2C1)N(Cc1nnc(-c2ccc(Cl)cc2)o1)C1CC1. The molecule has 0 spiro atoms. The maximum atomic E-state index is 13.3. The molecule has 30 heavy (non-hydrogen) atoms. The topological polar surface area (TPSA) is 68.5 Å². The maximum Gasteiger partial charge on any atom is 0.247 e. The maximum absolute atomic E-state index is 13.3. The van der Waals surface area contributed by atoms with Crippen LogP contribution in [0.4, 0.5) is 0 Å². The van der Waals surface area contributed by atoms with E-state index in [0.717, 1.165) is 29.7 Å². The first-order chi connectivity index (χ1) is 14.6. The fourth-order valence-corrected chi connectivity index (χ4v) is 4.02. The Kier molecular flexibility index (Phi) is 5.13. The van der Waals surface area contributed by atoms with Gasteiger partial charge in [-0.3, -0.25) is 4.79 Å². The number of halogens is 2. The Hall–Kier alpha value is -2.57. The molecule has 1 unspecified atom stereocenters. The van der Waals surface area contributed by atoms with Crippen molar-refractivity contribution in [1.82, 2.24) is 15.1 Å². The predicted molar refractivity (Wildman–Crippen MR) is 112 cm³/mol. The first kappa shape index (κ1) is 19.4. The lowest BCUT2D eigenvalue weighted by Crippen LogP contribution is -2.41. The molecule has 1 aliphatic heterocycles. The number of rotatable bonds is 5. The second-order valence-electron chi connectivity index (χ2n) is 7.67. The molecule has 1 aromatic heterocycles. The van der Waals surface area contributed by atoms with Crippen molar-refractivity contribution in [1.29, 1.82) is 0 Å². The molecule has 1 aliphatic carbocycles. The van der Waals surface area contributed by atoms with Crippen LogP contribution < -0.4 is 4.74 Å². The van der Waals surface area contributed by atoms with Crippen LogP contribution >= 0.6 is 23.2 Å². The highest BCUT2D eigenvalue weighted by Gasteiger charge is 2.38. The lowest BCUT2D eigenvalue weighted by molar-refractivity contribution is -0.138. The molecule has 5 rings (SSSR count). The Balaban J connectivity index is 1.32. The van der Waals surface area contributed by atoms with Gasteiger partial charge in [-0.15, -0.1) is 10.2 Å². The molecule has 8 heteroatoms. The second-order valence-corrected chi connectivity index (χ2v) is 8.54. The minimum absolute atomic E-state index is 0.0503. The summed E-state index contributed by atoms with van der Waals surface area (Å²) in [7, 11) is 0. The zero-order valence-corrected chi connectivity index (χ0v) is 17.6. The van der Waals surface area contributed by atoms with Crippen LogP contribution in [0.2, 0.25) is 10.0 Å². The number of carbonyl (C=O) groups excluding carboxylic acids is 1. The second kappa shape index (κ2) is 7.93. The van der Waals surface area contributed by atoms with E-state index >= 15 is 0 Å². The first-order valence-electron chi connectivity index (χ1n) is 9.87. The normalized spacial score (nSPS) is 17.9. The molecule has 2 aromatic carbocycles. The Bertz CT molecular complexity index is 1080. The van der Waals surface area contributed by atoms with Gasteiger partial charge in [-0.2, -0.15) is 0 Å². The van der Waals surface area contributed by atoms with E-state index in [-0.39, 0.29) is 17.9 Å². The van der Waals surface area contributed by atoms with Gasteiger partial charge in [0.25, 0.3) is 0 Å². The average molecular weight is 444 g/mol. The van der Waals surface area contributed by atoms with Gasteiger partial charge in [0.05, 0.1) is 12.5 Å². The van der Waals surface area contributed by atoms with Crippen molar-refractivity contribution < 1.29 is 13.9 Å². The number of carbonyl (C=O) groups is 1. The van der Waals surface area contributed by atoms with Crippen LogP contribution in [0.3, 0.4) is 0 Å². The molecule has 0 bridgehead atoms. The summed E-state index contributed by atoms with van der Waals surface area (Å²) in [5.74, 6) is 1.42. The smallest absolute Gasteiger partial charge is 0.247 e. The molecule has 0 saturated heterocycles. The van der Waals surface area contributed by atoms with Gasteiger partial charge in [0.2, 0.25) is 17.7 Å². The number of hydrogen-bond acceptors (Lipinski definition) is 5. The van der Waals surface area contributed by atoms with Crippen molar-refractivity contribution in [3.05, 3.63) is 64.0 Å². The average Bonchev–Trinajstić information content (AvgIpc) is 3.49. The van der Waals surface area contributed by atoms with Gasteiger partial charge < -0.3 is 14.1 Å². The van der Waals surface area contributed by atoms with Gasteiger partial charge >= 0.3 is 0 Å². The van der Waals surface area contributed by atoms with Crippen LogP contribution in [0.15, 0.2) is 46.9 Å². The Morgan fingerprint density at radius 3 is 2.60 bits per heavy atom. The summed E-state index contributed by atoms with van der Waals surface area (Å²) < 4.78 is 11.6. The summed E-state index contributed by atoms with van der Waals surface area (Å²) in [5.41, 5.74) is 1.75. The number of amides is 1. The number of nitrogens with zero attached hydrogens (tertiary/aromatic N) is 3. The van der Waals surface area contributed by atoms with Crippen molar-refractivity contribution >= 4 is 29.1 Å². The van der Waals surface area contributed by atoms with Crippen molar-refractivity contribution in [2.75, 3.05) is 6.61 Å². The molecule has 1 atom stereocenters. The molecular weight excluding hydrogens is 425 g/mol. The van der Waals surface area contributed by atoms with Crippen LogP contribution in [0.25, 0.3) is 11.5 Å². The van der Waals surface area contributed by atoms with Crippen LogP contribution in [0.5, 0.6) is 5.75 Å². The highest BCUT2D eigenvalue weighted by molar-refractivity contribution is 6.30. The third-order valence-corrected chi connectivity index (χ3v) is 5.90. The zero-order valence-electron chi connectivity index (χ0n) is 16.1. The fourth-order valence-electron chi connectivity index (χ4n) is 3.70. The molecule has 0 N–H and O–H groups in total. The molecule has 0 radical (unpaired) electrons. The molecule has 1 fully saturated rings. The van der Waals surface area contributed by atoms with Gasteiger partial charge in [-0.1, -0.05) is 23.2 Å². The highest BCUT2D eigenvalue weighted by atomic mass is 35.5. The molecule has 154 valence electrons. The lowest BCUT2D eigenvalue weighted by atomic mass is 9.95. The summed E-state index contributed by atoms with van der Waals surface area (Å²) in [5, 5.41) is 9.55. The molecule has 1 saturated carbocycles. The van der Waals surface area contributed by atoms with E-state index in [2.05, 4.69) is 10.2 Å². The van der Waals surface area contributed by atoms with Crippen molar-refractivity contribution in [3.63, 3.8) is 0 Å². The van der Waals surface area contributed by atoms with Crippen molar-refractivity contribution in [3.8, 4) is 17.2 Å². The number of benzene rings is 2. The predicted octanol–water partition coefficient (Wildman–Crippen LogP) is 4.79. The molecule has 3 aromatic rings. The van der Waals surface area contributed by atoms with E-state index in [9.17, 15) is 4.79 Å². The van der Waals surface area contributed by atoms with Gasteiger partial charge in [-0.25, -0.2) is 0 Å². The number of aromatic nitrogens is 2. The molecule has 2 heterocycles. The standard InChI is InChI=1S/C22H19Cl2N3O3/c23-16-3-1-13(2-4-16)21-26-25-20(30-21)11-27(18-6-7-18)22(28)15-9-14-10-17(24)5-8-19(14)29-12-15/h1-5,8,10,15,18H,6-7,9,11-12H2. The quantitative estimate of drug-likeness (QED) is 0.566. The van der Waals surface area contributed by atoms with Crippen LogP contribution in [0.1, 0.15) is 24.3 Å². The van der Waals surface area contributed by atoms with Gasteiger partial charge in [0.15, 0.2) is 0 Å². The third kappa shape index (κ3) is 4.02. The van der Waals surface area contributed by atoms with Crippen LogP contribution in [-0.2, 0) is 17.8 Å². The number of fused-ring (bicyclic) bond motifs is 1. The summed E-state index contributed by atoms with van der Waals surface area (Å²) in [4.78, 5) is 15.2. The van der Waals surface area contributed by atoms with Crippen molar-refractivity contribution in [2.45, 2.75) is 31.8 Å². The van der Waals surface area contributed by atoms with Gasteiger partial charge in [-0.05, 0) is 67.3 Å². The number of ether oxygens (including phenoxy) is 1. The van der Waals surface area contributed by atoms with E-state index < -0.39 is 0 Å². The Labute approximate surface area is 183 Å². The molecule has 6 nitrogen and oxygen atoms in total. The van der Waals surface area contributed by atoms with Crippen LogP contribution in [-0.4, -0.2) is 33.7 Å². The van der Waals surface area contributed by atoms with E-state index in [0.29, 0.717) is 41.4 Å². The lowest BCUT2D eigenvalue weighted by Gasteiger charge is -2.30. The minimum Gasteiger partial charge on any atom is -0.492 e. The van der Waals surface area contributed by atoms with Gasteiger partial charge in [0, 0.05) is 21.7 Å². The summed E-state index contributed by atoms with van der Waals surface area (Å²) in [6, 6.07) is 12.9. The largest absolute Gasteiger partial charge is 0.492 e. The third-order valence-electron chi connectivity index (χ3n) is 5.41. The highest BCUT2D eigenvalue weighted by Crippen LogP contribution is 2.34. The summed E-state index contributed by atoms with van der Waals surface area (Å²) >= 11 is 12.0. The van der Waals surface area contributed by atoms with E-state index in [1.807, 2.05) is 29.2 Å². The summed E-state index contributed by atoms with van der Waals surface area (Å²) in [6.45, 7) is 0.652. The Morgan fingerprint density at radius 2 is 1.83 bits per heavy atom. The fraction of sp³-hybridized carbons (Fsp3) is 0.318. The van der Waals surface area contributed by atoms with E-state index in [1.54, 1.807) is 18.2 Å². The summed E-state index contributed by atoms with van der Waals surface area (Å²) in [6.07, 6.45) is 2.58. The first-order valence-corrected chi connectivity index (χ1v) is 10.6. The van der Waals surface area contributed by atoms with E-state index in [4.69, 9.17) is 32.4 Å². The minimum atomic E-state index is -0.254. The van der Waals surface area contributed by atoms with Gasteiger partial charge in [0.1, 0.15) is 12.4 Å². The molecule has 2 aliphatic rings. The zero-order chi connectivity index (χ0) is 20.7.